The van der Waals surface area contributed by atoms with E-state index in [0.29, 0.717) is 11.3 Å². The molecule has 20 heavy (non-hydrogen) atoms. The average molecular weight is 306 g/mol. The minimum atomic E-state index is -3.61. The number of thiocarbonyl (C=S) groups is 1. The molecule has 2 aromatic rings. The molecule has 0 fully saturated rings. The molecule has 0 unspecified atom stereocenters. The second kappa shape index (κ2) is 5.60. The zero-order chi connectivity index (χ0) is 14.8. The Balaban J connectivity index is 2.35. The molecular weight excluding hydrogens is 292 g/mol. The van der Waals surface area contributed by atoms with E-state index in [2.05, 4.69) is 4.72 Å². The second-order valence-electron chi connectivity index (χ2n) is 4.31. The molecule has 0 bridgehead atoms. The van der Waals surface area contributed by atoms with Crippen molar-refractivity contribution in [1.29, 1.82) is 0 Å². The van der Waals surface area contributed by atoms with Crippen molar-refractivity contribution in [2.75, 3.05) is 4.72 Å². The number of nitrogens with two attached hydrogens (primary N) is 1. The fraction of sp³-hybridized carbons (Fsp3) is 0.0714. The molecule has 0 aliphatic heterocycles. The lowest BCUT2D eigenvalue weighted by atomic mass is 10.1. The van der Waals surface area contributed by atoms with Gasteiger partial charge in [-0.05, 0) is 36.8 Å². The van der Waals surface area contributed by atoms with Crippen LogP contribution in [-0.2, 0) is 10.0 Å². The van der Waals surface area contributed by atoms with Crippen molar-refractivity contribution in [1.82, 2.24) is 0 Å². The van der Waals surface area contributed by atoms with Crippen molar-refractivity contribution in [2.24, 2.45) is 5.73 Å². The first-order valence-electron chi connectivity index (χ1n) is 5.88. The van der Waals surface area contributed by atoms with Crippen LogP contribution < -0.4 is 10.5 Å². The van der Waals surface area contributed by atoms with Crippen molar-refractivity contribution in [3.63, 3.8) is 0 Å². The maximum absolute atomic E-state index is 12.3. The summed E-state index contributed by atoms with van der Waals surface area (Å²) < 4.78 is 27.0. The predicted molar refractivity (Wildman–Crippen MR) is 84.3 cm³/mol. The van der Waals surface area contributed by atoms with Gasteiger partial charge in [0.2, 0.25) is 0 Å². The van der Waals surface area contributed by atoms with Crippen LogP contribution >= 0.6 is 12.2 Å². The van der Waals surface area contributed by atoms with E-state index in [4.69, 9.17) is 18.0 Å². The summed E-state index contributed by atoms with van der Waals surface area (Å²) in [7, 11) is -3.61. The predicted octanol–water partition coefficient (Wildman–Crippen LogP) is 2.43. The third kappa shape index (κ3) is 3.15. The summed E-state index contributed by atoms with van der Waals surface area (Å²) in [5.41, 5.74) is 7.49. The monoisotopic (exact) mass is 306 g/mol. The van der Waals surface area contributed by atoms with Gasteiger partial charge in [-0.2, -0.15) is 0 Å². The zero-order valence-corrected chi connectivity index (χ0v) is 12.5. The minimum absolute atomic E-state index is 0.179. The standard InChI is InChI=1S/C14H14N2O2S2/c1-10-9-12(7-8-13(10)14(15)19)20(17,18)16-11-5-3-2-4-6-11/h2-9,16H,1H3,(H2,15,19). The van der Waals surface area contributed by atoms with Crippen molar-refractivity contribution in [3.05, 3.63) is 59.7 Å². The average Bonchev–Trinajstić information content (AvgIpc) is 2.38. The molecule has 6 heteroatoms. The summed E-state index contributed by atoms with van der Waals surface area (Å²) in [5, 5.41) is 0. The van der Waals surface area contributed by atoms with Crippen molar-refractivity contribution in [3.8, 4) is 0 Å². The lowest BCUT2D eigenvalue weighted by Crippen LogP contribution is -2.15. The lowest BCUT2D eigenvalue weighted by Gasteiger charge is -2.10. The van der Waals surface area contributed by atoms with E-state index < -0.39 is 10.0 Å². The molecule has 0 radical (unpaired) electrons. The van der Waals surface area contributed by atoms with Gasteiger partial charge in [0.15, 0.2) is 0 Å². The Labute approximate surface area is 123 Å². The molecule has 2 aromatic carbocycles. The Hall–Kier alpha value is -1.92. The van der Waals surface area contributed by atoms with Gasteiger partial charge < -0.3 is 5.73 Å². The Kier molecular flexibility index (Phi) is 4.06. The number of aryl methyl sites for hydroxylation is 1. The van der Waals surface area contributed by atoms with Crippen LogP contribution in [0.25, 0.3) is 0 Å². The smallest absolute Gasteiger partial charge is 0.261 e. The van der Waals surface area contributed by atoms with Crippen molar-refractivity contribution < 1.29 is 8.42 Å². The minimum Gasteiger partial charge on any atom is -0.389 e. The van der Waals surface area contributed by atoms with Crippen LogP contribution in [0.1, 0.15) is 11.1 Å². The zero-order valence-electron chi connectivity index (χ0n) is 10.8. The first-order valence-corrected chi connectivity index (χ1v) is 7.77. The van der Waals surface area contributed by atoms with E-state index in [1.165, 1.54) is 6.07 Å². The van der Waals surface area contributed by atoms with Crippen LogP contribution in [0.4, 0.5) is 5.69 Å². The third-order valence-corrected chi connectivity index (χ3v) is 4.40. The molecule has 0 aliphatic carbocycles. The highest BCUT2D eigenvalue weighted by Gasteiger charge is 2.15. The fourth-order valence-corrected chi connectivity index (χ4v) is 3.17. The van der Waals surface area contributed by atoms with Gasteiger partial charge in [-0.1, -0.05) is 36.5 Å². The second-order valence-corrected chi connectivity index (χ2v) is 6.43. The number of hydrogen-bond donors (Lipinski definition) is 2. The molecular formula is C14H14N2O2S2. The molecule has 0 aromatic heterocycles. The molecule has 4 nitrogen and oxygen atoms in total. The third-order valence-electron chi connectivity index (χ3n) is 2.80. The normalized spacial score (nSPS) is 11.1. The summed E-state index contributed by atoms with van der Waals surface area (Å²) in [6, 6.07) is 13.4. The van der Waals surface area contributed by atoms with Gasteiger partial charge in [-0.25, -0.2) is 8.42 Å². The fourth-order valence-electron chi connectivity index (χ4n) is 1.80. The van der Waals surface area contributed by atoms with Crippen LogP contribution in [0.15, 0.2) is 53.4 Å². The summed E-state index contributed by atoms with van der Waals surface area (Å²) in [6.45, 7) is 1.77. The Morgan fingerprint density at radius 3 is 2.35 bits per heavy atom. The van der Waals surface area contributed by atoms with Crippen LogP contribution in [0, 0.1) is 6.92 Å². The molecule has 0 aliphatic rings. The number of anilines is 1. The number of para-hydroxylation sites is 1. The highest BCUT2D eigenvalue weighted by atomic mass is 32.2. The number of hydrogen-bond acceptors (Lipinski definition) is 3. The van der Waals surface area contributed by atoms with E-state index in [1.54, 1.807) is 43.3 Å². The van der Waals surface area contributed by atoms with Crippen LogP contribution in [0.2, 0.25) is 0 Å². The van der Waals surface area contributed by atoms with E-state index >= 15 is 0 Å². The first-order chi connectivity index (χ1) is 9.40. The van der Waals surface area contributed by atoms with Gasteiger partial charge in [-0.15, -0.1) is 0 Å². The largest absolute Gasteiger partial charge is 0.389 e. The highest BCUT2D eigenvalue weighted by Crippen LogP contribution is 2.19. The number of benzene rings is 2. The Morgan fingerprint density at radius 2 is 1.80 bits per heavy atom. The maximum atomic E-state index is 12.3. The summed E-state index contributed by atoms with van der Waals surface area (Å²) >= 11 is 4.90. The van der Waals surface area contributed by atoms with Crippen molar-refractivity contribution in [2.45, 2.75) is 11.8 Å². The van der Waals surface area contributed by atoms with Crippen LogP contribution in [0.5, 0.6) is 0 Å². The Morgan fingerprint density at radius 1 is 1.15 bits per heavy atom. The van der Waals surface area contributed by atoms with Crippen molar-refractivity contribution >= 4 is 32.9 Å². The van der Waals surface area contributed by atoms with E-state index in [0.717, 1.165) is 5.56 Å². The first kappa shape index (κ1) is 14.5. The number of nitrogens with one attached hydrogen (secondary N) is 1. The lowest BCUT2D eigenvalue weighted by molar-refractivity contribution is 0.601. The molecule has 0 saturated heterocycles. The molecule has 2 rings (SSSR count). The number of sulfonamides is 1. The van der Waals surface area contributed by atoms with Crippen LogP contribution in [-0.4, -0.2) is 13.4 Å². The summed E-state index contributed by atoms with van der Waals surface area (Å²) in [4.78, 5) is 0.432. The molecule has 3 N–H and O–H groups in total. The molecule has 0 atom stereocenters. The molecule has 0 heterocycles. The molecule has 0 amide bonds. The maximum Gasteiger partial charge on any atom is 0.261 e. The van der Waals surface area contributed by atoms with Gasteiger partial charge >= 0.3 is 0 Å². The molecule has 0 spiro atoms. The summed E-state index contributed by atoms with van der Waals surface area (Å²) in [6.07, 6.45) is 0. The number of rotatable bonds is 4. The van der Waals surface area contributed by atoms with Gasteiger partial charge in [0.05, 0.1) is 4.90 Å². The van der Waals surface area contributed by atoms with E-state index in [1.807, 2.05) is 6.07 Å². The van der Waals surface area contributed by atoms with Gasteiger partial charge in [0.1, 0.15) is 4.99 Å². The summed E-state index contributed by atoms with van der Waals surface area (Å²) in [5.74, 6) is 0. The van der Waals surface area contributed by atoms with Gasteiger partial charge in [0, 0.05) is 11.3 Å². The molecule has 104 valence electrons. The van der Waals surface area contributed by atoms with Crippen LogP contribution in [0.3, 0.4) is 0 Å². The van der Waals surface area contributed by atoms with E-state index in [9.17, 15) is 8.42 Å². The van der Waals surface area contributed by atoms with Gasteiger partial charge in [-0.3, -0.25) is 4.72 Å². The van der Waals surface area contributed by atoms with E-state index in [-0.39, 0.29) is 9.88 Å². The highest BCUT2D eigenvalue weighted by molar-refractivity contribution is 7.92. The van der Waals surface area contributed by atoms with Gasteiger partial charge in [0.25, 0.3) is 10.0 Å². The SMILES string of the molecule is Cc1cc(S(=O)(=O)Nc2ccccc2)ccc1C(N)=S. The quantitative estimate of drug-likeness (QED) is 0.851. The molecule has 0 saturated carbocycles. The topological polar surface area (TPSA) is 72.2 Å². The Bertz CT molecular complexity index is 741.